The lowest BCUT2D eigenvalue weighted by Crippen LogP contribution is -2.42. The summed E-state index contributed by atoms with van der Waals surface area (Å²) in [7, 11) is 0. The third-order valence-corrected chi connectivity index (χ3v) is 4.49. The Kier molecular flexibility index (Phi) is 4.28. The van der Waals surface area contributed by atoms with Crippen molar-refractivity contribution in [3.63, 3.8) is 0 Å². The van der Waals surface area contributed by atoms with Crippen molar-refractivity contribution in [2.45, 2.75) is 18.8 Å². The molecule has 22 heavy (non-hydrogen) atoms. The number of hydrogen-bond acceptors (Lipinski definition) is 1. The zero-order chi connectivity index (χ0) is 15.7. The molecule has 0 aliphatic carbocycles. The fraction of sp³-hybridized carbons (Fsp3) is 0.294. The molecule has 1 saturated heterocycles. The number of hydrogen-bond donors (Lipinski definition) is 0. The van der Waals surface area contributed by atoms with Crippen LogP contribution < -0.4 is 4.90 Å². The van der Waals surface area contributed by atoms with Crippen LogP contribution in [0.1, 0.15) is 12.8 Å². The van der Waals surface area contributed by atoms with Crippen LogP contribution >= 0.6 is 23.2 Å². The number of rotatable bonds is 2. The normalized spacial score (nSPS) is 17.5. The molecule has 3 rings (SSSR count). The molecule has 0 spiro atoms. The first kappa shape index (κ1) is 15.6. The lowest BCUT2D eigenvalue weighted by molar-refractivity contribution is -0.0116. The van der Waals surface area contributed by atoms with Crippen molar-refractivity contribution in [1.82, 2.24) is 0 Å². The standard InChI is InChI=1S/C17H15Cl2F2N/c18-14-6-2-7-15(19)16(14)12-4-1-5-13(10-12)22-9-3-8-17(20,21)11-22/h1-2,4-7,10H,3,8-9,11H2. The number of halogens is 4. The van der Waals surface area contributed by atoms with Crippen molar-refractivity contribution >= 4 is 28.9 Å². The summed E-state index contributed by atoms with van der Waals surface area (Å²) in [6.45, 7) is 0.391. The van der Waals surface area contributed by atoms with Crippen LogP contribution in [0.4, 0.5) is 14.5 Å². The number of benzene rings is 2. The van der Waals surface area contributed by atoms with E-state index in [9.17, 15) is 8.78 Å². The summed E-state index contributed by atoms with van der Waals surface area (Å²) in [5, 5.41) is 1.10. The monoisotopic (exact) mass is 341 g/mol. The Morgan fingerprint density at radius 3 is 2.36 bits per heavy atom. The quantitative estimate of drug-likeness (QED) is 0.657. The second-order valence-corrected chi connectivity index (χ2v) is 6.34. The maximum Gasteiger partial charge on any atom is 0.265 e. The highest BCUT2D eigenvalue weighted by Crippen LogP contribution is 2.37. The van der Waals surface area contributed by atoms with Crippen LogP contribution in [0.25, 0.3) is 11.1 Å². The first-order valence-corrected chi connectivity index (χ1v) is 7.89. The van der Waals surface area contributed by atoms with Crippen LogP contribution in [0.2, 0.25) is 10.0 Å². The third-order valence-electron chi connectivity index (χ3n) is 3.86. The van der Waals surface area contributed by atoms with Crippen molar-refractivity contribution in [2.75, 3.05) is 18.0 Å². The number of piperidine rings is 1. The van der Waals surface area contributed by atoms with E-state index >= 15 is 0 Å². The van der Waals surface area contributed by atoms with E-state index in [2.05, 4.69) is 0 Å². The molecule has 1 nitrogen and oxygen atoms in total. The minimum Gasteiger partial charge on any atom is -0.365 e. The van der Waals surface area contributed by atoms with Crippen LogP contribution in [0, 0.1) is 0 Å². The summed E-state index contributed by atoms with van der Waals surface area (Å²) < 4.78 is 27.2. The molecule has 1 fully saturated rings. The molecule has 5 heteroatoms. The second kappa shape index (κ2) is 6.05. The summed E-state index contributed by atoms with van der Waals surface area (Å²) in [6.07, 6.45) is 0.448. The molecular formula is C17H15Cl2F2N. The highest BCUT2D eigenvalue weighted by molar-refractivity contribution is 6.39. The zero-order valence-electron chi connectivity index (χ0n) is 11.8. The molecule has 0 saturated carbocycles. The molecule has 0 unspecified atom stereocenters. The lowest BCUT2D eigenvalue weighted by Gasteiger charge is -2.34. The van der Waals surface area contributed by atoms with Gasteiger partial charge in [-0.15, -0.1) is 0 Å². The lowest BCUT2D eigenvalue weighted by atomic mass is 10.0. The molecule has 0 bridgehead atoms. The first-order chi connectivity index (χ1) is 10.5. The Labute approximate surface area is 138 Å². The minimum atomic E-state index is -2.63. The topological polar surface area (TPSA) is 3.24 Å². The average Bonchev–Trinajstić information content (AvgIpc) is 2.46. The molecule has 1 aliphatic rings. The largest absolute Gasteiger partial charge is 0.365 e. The van der Waals surface area contributed by atoms with Crippen molar-refractivity contribution < 1.29 is 8.78 Å². The van der Waals surface area contributed by atoms with Gasteiger partial charge in [0.15, 0.2) is 0 Å². The van der Waals surface area contributed by atoms with Gasteiger partial charge in [-0.1, -0.05) is 41.4 Å². The fourth-order valence-corrected chi connectivity index (χ4v) is 3.43. The van der Waals surface area contributed by atoms with E-state index in [-0.39, 0.29) is 13.0 Å². The van der Waals surface area contributed by atoms with Gasteiger partial charge in [-0.05, 0) is 36.2 Å². The SMILES string of the molecule is FC1(F)CCCN(c2cccc(-c3c(Cl)cccc3Cl)c2)C1. The highest BCUT2D eigenvalue weighted by Gasteiger charge is 2.35. The van der Waals surface area contributed by atoms with Crippen molar-refractivity contribution in [3.05, 3.63) is 52.5 Å². The van der Waals surface area contributed by atoms with E-state index in [0.717, 1.165) is 16.8 Å². The molecular weight excluding hydrogens is 327 g/mol. The van der Waals surface area contributed by atoms with Crippen LogP contribution in [-0.4, -0.2) is 19.0 Å². The van der Waals surface area contributed by atoms with Gasteiger partial charge in [-0.25, -0.2) is 8.78 Å². The van der Waals surface area contributed by atoms with Gasteiger partial charge in [0.25, 0.3) is 5.92 Å². The molecule has 116 valence electrons. The summed E-state index contributed by atoms with van der Waals surface area (Å²) >= 11 is 12.5. The van der Waals surface area contributed by atoms with Crippen LogP contribution in [0.3, 0.4) is 0 Å². The molecule has 2 aromatic rings. The summed E-state index contributed by atoms with van der Waals surface area (Å²) in [6, 6.07) is 12.8. The summed E-state index contributed by atoms with van der Waals surface area (Å²) in [4.78, 5) is 1.72. The van der Waals surface area contributed by atoms with E-state index in [0.29, 0.717) is 23.0 Å². The molecule has 1 heterocycles. The Morgan fingerprint density at radius 1 is 1.00 bits per heavy atom. The smallest absolute Gasteiger partial charge is 0.265 e. The predicted molar refractivity (Wildman–Crippen MR) is 88.3 cm³/mol. The Hall–Kier alpha value is -1.32. The molecule has 0 amide bonds. The Balaban J connectivity index is 1.96. The Bertz CT molecular complexity index is 668. The number of alkyl halides is 2. The molecule has 2 aromatic carbocycles. The van der Waals surface area contributed by atoms with Crippen LogP contribution in [-0.2, 0) is 0 Å². The van der Waals surface area contributed by atoms with Crippen molar-refractivity contribution in [3.8, 4) is 11.1 Å². The predicted octanol–water partition coefficient (Wildman–Crippen LogP) is 5.90. The van der Waals surface area contributed by atoms with E-state index in [1.807, 2.05) is 24.3 Å². The molecule has 0 radical (unpaired) electrons. The third kappa shape index (κ3) is 3.21. The van der Waals surface area contributed by atoms with E-state index in [1.165, 1.54) is 0 Å². The molecule has 0 N–H and O–H groups in total. The van der Waals surface area contributed by atoms with Gasteiger partial charge in [0.1, 0.15) is 0 Å². The minimum absolute atomic E-state index is 0.0421. The number of anilines is 1. The Morgan fingerprint density at radius 2 is 1.68 bits per heavy atom. The molecule has 0 atom stereocenters. The van der Waals surface area contributed by atoms with E-state index < -0.39 is 5.92 Å². The van der Waals surface area contributed by atoms with Gasteiger partial charge in [0.2, 0.25) is 0 Å². The molecule has 0 aromatic heterocycles. The van der Waals surface area contributed by atoms with Crippen molar-refractivity contribution in [1.29, 1.82) is 0 Å². The second-order valence-electron chi connectivity index (χ2n) is 5.53. The average molecular weight is 342 g/mol. The maximum atomic E-state index is 13.6. The number of nitrogens with zero attached hydrogens (tertiary/aromatic N) is 1. The zero-order valence-corrected chi connectivity index (χ0v) is 13.3. The van der Waals surface area contributed by atoms with Gasteiger partial charge < -0.3 is 4.90 Å². The van der Waals surface area contributed by atoms with Gasteiger partial charge in [-0.3, -0.25) is 0 Å². The van der Waals surface area contributed by atoms with Gasteiger partial charge in [0, 0.05) is 34.3 Å². The van der Waals surface area contributed by atoms with Crippen LogP contribution in [0.15, 0.2) is 42.5 Å². The summed E-state index contributed by atoms with van der Waals surface area (Å²) in [5.74, 6) is -2.63. The van der Waals surface area contributed by atoms with Gasteiger partial charge in [0.05, 0.1) is 6.54 Å². The van der Waals surface area contributed by atoms with Gasteiger partial charge >= 0.3 is 0 Å². The van der Waals surface area contributed by atoms with Crippen molar-refractivity contribution in [2.24, 2.45) is 0 Å². The molecule has 1 aliphatic heterocycles. The highest BCUT2D eigenvalue weighted by atomic mass is 35.5. The van der Waals surface area contributed by atoms with E-state index in [1.54, 1.807) is 23.1 Å². The summed E-state index contributed by atoms with van der Waals surface area (Å²) in [5.41, 5.74) is 2.34. The van der Waals surface area contributed by atoms with Gasteiger partial charge in [-0.2, -0.15) is 0 Å². The fourth-order valence-electron chi connectivity index (χ4n) is 2.82. The first-order valence-electron chi connectivity index (χ1n) is 7.13. The van der Waals surface area contributed by atoms with Crippen LogP contribution in [0.5, 0.6) is 0 Å². The maximum absolute atomic E-state index is 13.6. The van der Waals surface area contributed by atoms with E-state index in [4.69, 9.17) is 23.2 Å².